The molecule has 0 unspecified atom stereocenters. The Hall–Kier alpha value is -3.20. The molecule has 0 aliphatic carbocycles. The van der Waals surface area contributed by atoms with E-state index in [-0.39, 0.29) is 0 Å². The second-order valence-corrected chi connectivity index (χ2v) is 6.53. The first-order valence-corrected chi connectivity index (χ1v) is 8.85. The highest BCUT2D eigenvalue weighted by Crippen LogP contribution is 2.28. The molecule has 1 atom stereocenters. The van der Waals surface area contributed by atoms with E-state index in [1.165, 1.54) is 0 Å². The molecule has 6 heteroatoms. The zero-order valence-corrected chi connectivity index (χ0v) is 14.5. The van der Waals surface area contributed by atoms with Gasteiger partial charge in [-0.05, 0) is 37.1 Å². The van der Waals surface area contributed by atoms with E-state index < -0.39 is 0 Å². The van der Waals surface area contributed by atoms with Crippen molar-refractivity contribution in [2.75, 3.05) is 18.0 Å². The van der Waals surface area contributed by atoms with Crippen LogP contribution in [0.5, 0.6) is 0 Å². The predicted octanol–water partition coefficient (Wildman–Crippen LogP) is 2.98. The highest BCUT2D eigenvalue weighted by Gasteiger charge is 2.25. The lowest BCUT2D eigenvalue weighted by molar-refractivity contribution is 0.473. The highest BCUT2D eigenvalue weighted by molar-refractivity contribution is 5.45. The Bertz CT molecular complexity index is 911. The van der Waals surface area contributed by atoms with Crippen LogP contribution in [-0.4, -0.2) is 32.6 Å². The fourth-order valence-electron chi connectivity index (χ4n) is 3.54. The third-order valence-electron chi connectivity index (χ3n) is 4.79. The van der Waals surface area contributed by atoms with Gasteiger partial charge in [-0.15, -0.1) is 0 Å². The first kappa shape index (κ1) is 16.3. The average Bonchev–Trinajstić information content (AvgIpc) is 3.17. The molecular weight excluding hydrogens is 324 g/mol. The lowest BCUT2D eigenvalue weighted by atomic mass is 9.97. The summed E-state index contributed by atoms with van der Waals surface area (Å²) in [5, 5.41) is 9.12. The van der Waals surface area contributed by atoms with Gasteiger partial charge in [-0.25, -0.2) is 9.97 Å². The number of aromatic nitrogens is 4. The number of nitrogens with zero attached hydrogens (tertiary/aromatic N) is 6. The van der Waals surface area contributed by atoms with Crippen molar-refractivity contribution in [3.63, 3.8) is 0 Å². The molecular formula is C20H20N6. The van der Waals surface area contributed by atoms with Crippen molar-refractivity contribution in [3.8, 4) is 6.07 Å². The van der Waals surface area contributed by atoms with Crippen molar-refractivity contribution in [2.45, 2.75) is 25.3 Å². The second kappa shape index (κ2) is 7.36. The molecule has 0 saturated carbocycles. The standard InChI is InChI=1S/C20H20N6/c21-13-16-6-8-23-19(12-16)25-10-3-4-17(14-25)20-24-9-11-26(20)15-18-5-1-2-7-22-18/h1-2,5-9,11-12,17H,3-4,10,14-15H2/t17-/m0/s1. The Kier molecular flexibility index (Phi) is 4.61. The van der Waals surface area contributed by atoms with Crippen LogP contribution in [0.4, 0.5) is 5.82 Å². The molecule has 1 aliphatic rings. The molecule has 3 aromatic rings. The normalized spacial score (nSPS) is 17.0. The SMILES string of the molecule is N#Cc1ccnc(N2CCC[C@H](c3nccn3Cc3ccccn3)C2)c1. The minimum Gasteiger partial charge on any atom is -0.356 e. The van der Waals surface area contributed by atoms with E-state index in [2.05, 4.69) is 30.5 Å². The lowest BCUT2D eigenvalue weighted by Crippen LogP contribution is -2.36. The van der Waals surface area contributed by atoms with Gasteiger partial charge in [-0.2, -0.15) is 5.26 Å². The van der Waals surface area contributed by atoms with Gasteiger partial charge in [0, 0.05) is 43.8 Å². The molecule has 4 heterocycles. The number of rotatable bonds is 4. The van der Waals surface area contributed by atoms with Gasteiger partial charge in [0.2, 0.25) is 0 Å². The molecule has 0 radical (unpaired) electrons. The van der Waals surface area contributed by atoms with Gasteiger partial charge in [0.25, 0.3) is 0 Å². The molecule has 0 N–H and O–H groups in total. The number of imidazole rings is 1. The third kappa shape index (κ3) is 3.42. The molecule has 0 bridgehead atoms. The highest BCUT2D eigenvalue weighted by atomic mass is 15.2. The van der Waals surface area contributed by atoms with E-state index in [9.17, 15) is 0 Å². The summed E-state index contributed by atoms with van der Waals surface area (Å²) in [6.45, 7) is 2.55. The van der Waals surface area contributed by atoms with Gasteiger partial charge < -0.3 is 9.47 Å². The van der Waals surface area contributed by atoms with Gasteiger partial charge in [-0.1, -0.05) is 6.07 Å². The maximum Gasteiger partial charge on any atom is 0.129 e. The number of hydrogen-bond donors (Lipinski definition) is 0. The molecule has 1 aliphatic heterocycles. The molecule has 1 fully saturated rings. The number of piperidine rings is 1. The minimum absolute atomic E-state index is 0.343. The number of hydrogen-bond acceptors (Lipinski definition) is 5. The summed E-state index contributed by atoms with van der Waals surface area (Å²) >= 11 is 0. The first-order valence-electron chi connectivity index (χ1n) is 8.85. The number of nitriles is 1. The maximum absolute atomic E-state index is 9.12. The summed E-state index contributed by atoms with van der Waals surface area (Å²) in [5.41, 5.74) is 1.68. The molecule has 1 saturated heterocycles. The fraction of sp³-hybridized carbons (Fsp3) is 0.300. The van der Waals surface area contributed by atoms with Gasteiger partial charge in [0.1, 0.15) is 11.6 Å². The summed E-state index contributed by atoms with van der Waals surface area (Å²) in [5.74, 6) is 2.31. The van der Waals surface area contributed by atoms with Crippen molar-refractivity contribution in [3.05, 3.63) is 72.2 Å². The Morgan fingerprint density at radius 2 is 2.08 bits per heavy atom. The summed E-state index contributed by atoms with van der Waals surface area (Å²) in [6, 6.07) is 11.8. The largest absolute Gasteiger partial charge is 0.356 e. The van der Waals surface area contributed by atoms with E-state index >= 15 is 0 Å². The molecule has 0 amide bonds. The van der Waals surface area contributed by atoms with Crippen LogP contribution in [0.3, 0.4) is 0 Å². The zero-order chi connectivity index (χ0) is 17.8. The van der Waals surface area contributed by atoms with Crippen LogP contribution >= 0.6 is 0 Å². The van der Waals surface area contributed by atoms with E-state index in [0.29, 0.717) is 11.5 Å². The van der Waals surface area contributed by atoms with Crippen LogP contribution in [0.25, 0.3) is 0 Å². The van der Waals surface area contributed by atoms with Crippen molar-refractivity contribution in [2.24, 2.45) is 0 Å². The Morgan fingerprint density at radius 1 is 1.12 bits per heavy atom. The zero-order valence-electron chi connectivity index (χ0n) is 14.5. The van der Waals surface area contributed by atoms with E-state index in [4.69, 9.17) is 5.26 Å². The van der Waals surface area contributed by atoms with E-state index in [1.807, 2.05) is 42.9 Å². The fourth-order valence-corrected chi connectivity index (χ4v) is 3.54. The molecule has 0 spiro atoms. The smallest absolute Gasteiger partial charge is 0.129 e. The van der Waals surface area contributed by atoms with Crippen molar-refractivity contribution in [1.82, 2.24) is 19.5 Å². The molecule has 4 rings (SSSR count). The van der Waals surface area contributed by atoms with Gasteiger partial charge in [0.15, 0.2) is 0 Å². The predicted molar refractivity (Wildman–Crippen MR) is 98.7 cm³/mol. The first-order chi connectivity index (χ1) is 12.8. The third-order valence-corrected chi connectivity index (χ3v) is 4.79. The molecule has 26 heavy (non-hydrogen) atoms. The molecule has 6 nitrogen and oxygen atoms in total. The Balaban J connectivity index is 1.53. The molecule has 130 valence electrons. The van der Waals surface area contributed by atoms with Crippen LogP contribution in [0, 0.1) is 11.3 Å². The quantitative estimate of drug-likeness (QED) is 0.728. The van der Waals surface area contributed by atoms with Crippen molar-refractivity contribution in [1.29, 1.82) is 5.26 Å². The van der Waals surface area contributed by atoms with Crippen LogP contribution in [0.1, 0.15) is 35.8 Å². The summed E-state index contributed by atoms with van der Waals surface area (Å²) in [4.78, 5) is 15.8. The molecule has 3 aromatic heterocycles. The topological polar surface area (TPSA) is 70.6 Å². The van der Waals surface area contributed by atoms with E-state index in [0.717, 1.165) is 49.8 Å². The van der Waals surface area contributed by atoms with Crippen LogP contribution in [0.2, 0.25) is 0 Å². The Morgan fingerprint density at radius 3 is 2.92 bits per heavy atom. The van der Waals surface area contributed by atoms with Crippen molar-refractivity contribution >= 4 is 5.82 Å². The Labute approximate surface area is 152 Å². The summed E-state index contributed by atoms with van der Waals surface area (Å²) in [6.07, 6.45) is 9.61. The number of anilines is 1. The summed E-state index contributed by atoms with van der Waals surface area (Å²) < 4.78 is 2.19. The minimum atomic E-state index is 0.343. The van der Waals surface area contributed by atoms with Crippen LogP contribution in [0.15, 0.2) is 55.1 Å². The average molecular weight is 344 g/mol. The van der Waals surface area contributed by atoms with Crippen molar-refractivity contribution < 1.29 is 0 Å². The van der Waals surface area contributed by atoms with Gasteiger partial charge in [0.05, 0.1) is 23.9 Å². The second-order valence-electron chi connectivity index (χ2n) is 6.53. The maximum atomic E-state index is 9.12. The van der Waals surface area contributed by atoms with Gasteiger partial charge >= 0.3 is 0 Å². The lowest BCUT2D eigenvalue weighted by Gasteiger charge is -2.33. The monoisotopic (exact) mass is 344 g/mol. The number of pyridine rings is 2. The van der Waals surface area contributed by atoms with Crippen LogP contribution in [-0.2, 0) is 6.54 Å². The van der Waals surface area contributed by atoms with Crippen LogP contribution < -0.4 is 4.90 Å². The molecule has 0 aromatic carbocycles. The van der Waals surface area contributed by atoms with E-state index in [1.54, 1.807) is 12.3 Å². The van der Waals surface area contributed by atoms with Gasteiger partial charge in [-0.3, -0.25) is 4.98 Å². The summed E-state index contributed by atoms with van der Waals surface area (Å²) in [7, 11) is 0.